The van der Waals surface area contributed by atoms with E-state index in [1.807, 2.05) is 24.3 Å². The second kappa shape index (κ2) is 6.04. The summed E-state index contributed by atoms with van der Waals surface area (Å²) in [7, 11) is 0. The van der Waals surface area contributed by atoms with Gasteiger partial charge in [-0.25, -0.2) is 0 Å². The van der Waals surface area contributed by atoms with Crippen LogP contribution in [0.4, 0.5) is 5.69 Å². The smallest absolute Gasteiger partial charge is 0.233 e. The van der Waals surface area contributed by atoms with Crippen LogP contribution in [0.2, 0.25) is 0 Å². The Morgan fingerprint density at radius 3 is 2.42 bits per heavy atom. The molecule has 1 saturated heterocycles. The van der Waals surface area contributed by atoms with Gasteiger partial charge in [-0.1, -0.05) is 31.0 Å². The van der Waals surface area contributed by atoms with E-state index >= 15 is 0 Å². The zero-order chi connectivity index (χ0) is 16.7. The van der Waals surface area contributed by atoms with E-state index in [-0.39, 0.29) is 42.5 Å². The molecule has 2 atom stereocenters. The Labute approximate surface area is 141 Å². The molecular weight excluding hydrogens is 304 g/mol. The van der Waals surface area contributed by atoms with E-state index in [1.54, 1.807) is 4.90 Å². The van der Waals surface area contributed by atoms with Crippen molar-refractivity contribution in [1.82, 2.24) is 4.90 Å². The molecule has 3 amide bonds. The summed E-state index contributed by atoms with van der Waals surface area (Å²) < 4.78 is 0. The molecule has 0 aromatic heterocycles. The first-order valence-electron chi connectivity index (χ1n) is 8.90. The number of carbonyl (C=O) groups excluding carboxylic acids is 3. The second-order valence-electron chi connectivity index (χ2n) is 7.00. The lowest BCUT2D eigenvalue weighted by atomic mass is 9.81. The van der Waals surface area contributed by atoms with E-state index in [4.69, 9.17) is 0 Å². The summed E-state index contributed by atoms with van der Waals surface area (Å²) in [5.74, 6) is -0.378. The van der Waals surface area contributed by atoms with Gasteiger partial charge in [-0.3, -0.25) is 19.3 Å². The number of hydrogen-bond acceptors (Lipinski definition) is 3. The molecule has 1 saturated carbocycles. The van der Waals surface area contributed by atoms with E-state index in [0.717, 1.165) is 37.8 Å². The van der Waals surface area contributed by atoms with Crippen molar-refractivity contribution in [3.05, 3.63) is 29.8 Å². The third-order valence-electron chi connectivity index (χ3n) is 5.67. The first-order chi connectivity index (χ1) is 11.7. The lowest BCUT2D eigenvalue weighted by Gasteiger charge is -2.20. The van der Waals surface area contributed by atoms with Crippen LogP contribution in [0.25, 0.3) is 0 Å². The number of anilines is 1. The zero-order valence-corrected chi connectivity index (χ0v) is 13.7. The van der Waals surface area contributed by atoms with Crippen molar-refractivity contribution < 1.29 is 14.4 Å². The van der Waals surface area contributed by atoms with Crippen LogP contribution >= 0.6 is 0 Å². The standard InChI is InChI=1S/C19H22N2O3/c22-17(20-11-9-13-5-1-4-8-16(13)20)10-12-21-18(23)14-6-2-3-7-15(14)19(21)24/h1,4-5,8,14-15H,2-3,6-7,9-12H2/t14-,15+. The molecule has 1 aliphatic carbocycles. The third kappa shape index (κ3) is 2.43. The molecule has 1 aromatic rings. The number of para-hydroxylation sites is 1. The van der Waals surface area contributed by atoms with Gasteiger partial charge in [-0.15, -0.1) is 0 Å². The zero-order valence-electron chi connectivity index (χ0n) is 13.7. The molecule has 0 radical (unpaired) electrons. The fourth-order valence-electron chi connectivity index (χ4n) is 4.39. The van der Waals surface area contributed by atoms with Gasteiger partial charge in [0.05, 0.1) is 11.8 Å². The molecule has 4 rings (SSSR count). The summed E-state index contributed by atoms with van der Waals surface area (Å²) in [4.78, 5) is 40.6. The van der Waals surface area contributed by atoms with Crippen molar-refractivity contribution in [2.75, 3.05) is 18.0 Å². The highest BCUT2D eigenvalue weighted by Gasteiger charge is 2.47. The normalized spacial score (nSPS) is 25.8. The molecule has 2 heterocycles. The van der Waals surface area contributed by atoms with Crippen LogP contribution in [-0.2, 0) is 20.8 Å². The highest BCUT2D eigenvalue weighted by Crippen LogP contribution is 2.38. The number of amides is 3. The van der Waals surface area contributed by atoms with Gasteiger partial charge in [-0.2, -0.15) is 0 Å². The predicted molar refractivity (Wildman–Crippen MR) is 89.3 cm³/mol. The molecule has 2 fully saturated rings. The van der Waals surface area contributed by atoms with Gasteiger partial charge in [0.15, 0.2) is 0 Å². The molecule has 2 aliphatic heterocycles. The van der Waals surface area contributed by atoms with E-state index < -0.39 is 0 Å². The number of hydrogen-bond donors (Lipinski definition) is 0. The molecule has 3 aliphatic rings. The molecule has 0 unspecified atom stereocenters. The van der Waals surface area contributed by atoms with Gasteiger partial charge in [0.1, 0.15) is 0 Å². The van der Waals surface area contributed by atoms with Gasteiger partial charge >= 0.3 is 0 Å². The van der Waals surface area contributed by atoms with Crippen molar-refractivity contribution in [1.29, 1.82) is 0 Å². The minimum Gasteiger partial charge on any atom is -0.312 e. The minimum atomic E-state index is -0.131. The van der Waals surface area contributed by atoms with Crippen molar-refractivity contribution in [2.24, 2.45) is 11.8 Å². The van der Waals surface area contributed by atoms with Crippen molar-refractivity contribution >= 4 is 23.4 Å². The Kier molecular flexibility index (Phi) is 3.87. The van der Waals surface area contributed by atoms with Crippen LogP contribution in [0.15, 0.2) is 24.3 Å². The second-order valence-corrected chi connectivity index (χ2v) is 7.00. The average Bonchev–Trinajstić information content (AvgIpc) is 3.14. The summed E-state index contributed by atoms with van der Waals surface area (Å²) in [5, 5.41) is 0. The maximum Gasteiger partial charge on any atom is 0.233 e. The number of carbonyl (C=O) groups is 3. The number of nitrogens with zero attached hydrogens (tertiary/aromatic N) is 2. The number of imide groups is 1. The fourth-order valence-corrected chi connectivity index (χ4v) is 4.39. The van der Waals surface area contributed by atoms with Gasteiger partial charge in [0.2, 0.25) is 17.7 Å². The molecule has 0 N–H and O–H groups in total. The average molecular weight is 326 g/mol. The van der Waals surface area contributed by atoms with Crippen molar-refractivity contribution in [2.45, 2.75) is 38.5 Å². The topological polar surface area (TPSA) is 57.7 Å². The molecule has 0 spiro atoms. The van der Waals surface area contributed by atoms with Crippen molar-refractivity contribution in [3.8, 4) is 0 Å². The lowest BCUT2D eigenvalue weighted by molar-refractivity contribution is -0.140. The Morgan fingerprint density at radius 2 is 1.71 bits per heavy atom. The van der Waals surface area contributed by atoms with Crippen LogP contribution in [0, 0.1) is 11.8 Å². The number of fused-ring (bicyclic) bond motifs is 2. The summed E-state index contributed by atoms with van der Waals surface area (Å²) in [6.07, 6.45) is 4.77. The number of likely N-dealkylation sites (tertiary alicyclic amines) is 1. The molecule has 5 heteroatoms. The van der Waals surface area contributed by atoms with Gasteiger partial charge < -0.3 is 4.90 Å². The maximum atomic E-state index is 12.6. The predicted octanol–water partition coefficient (Wildman–Crippen LogP) is 2.14. The Bertz CT molecular complexity index is 676. The fraction of sp³-hybridized carbons (Fsp3) is 0.526. The Balaban J connectivity index is 1.41. The van der Waals surface area contributed by atoms with Crippen LogP contribution in [-0.4, -0.2) is 35.7 Å². The largest absolute Gasteiger partial charge is 0.312 e. The molecule has 0 bridgehead atoms. The summed E-state index contributed by atoms with van der Waals surface area (Å²) in [6, 6.07) is 7.92. The lowest BCUT2D eigenvalue weighted by Crippen LogP contribution is -2.36. The third-order valence-corrected chi connectivity index (χ3v) is 5.67. The Hall–Kier alpha value is -2.17. The SMILES string of the molecule is O=C1[C@H]2CCCC[C@H]2C(=O)N1CCC(=O)N1CCc2ccccc21. The molecule has 1 aromatic carbocycles. The monoisotopic (exact) mass is 326 g/mol. The maximum absolute atomic E-state index is 12.6. The highest BCUT2D eigenvalue weighted by atomic mass is 16.2. The minimum absolute atomic E-state index is 0.00424. The van der Waals surface area contributed by atoms with E-state index in [1.165, 1.54) is 10.5 Å². The molecule has 5 nitrogen and oxygen atoms in total. The molecule has 126 valence electrons. The van der Waals surface area contributed by atoms with Gasteiger partial charge in [0, 0.05) is 25.2 Å². The highest BCUT2D eigenvalue weighted by molar-refractivity contribution is 6.05. The van der Waals surface area contributed by atoms with Crippen LogP contribution in [0.3, 0.4) is 0 Å². The van der Waals surface area contributed by atoms with Crippen LogP contribution < -0.4 is 4.90 Å². The summed E-state index contributed by atoms with van der Waals surface area (Å²) in [6.45, 7) is 0.910. The number of benzene rings is 1. The molecular formula is C19H22N2O3. The van der Waals surface area contributed by atoms with Crippen LogP contribution in [0.1, 0.15) is 37.7 Å². The van der Waals surface area contributed by atoms with E-state index in [0.29, 0.717) is 6.54 Å². The van der Waals surface area contributed by atoms with E-state index in [9.17, 15) is 14.4 Å². The first-order valence-corrected chi connectivity index (χ1v) is 8.90. The Morgan fingerprint density at radius 1 is 1.04 bits per heavy atom. The van der Waals surface area contributed by atoms with Crippen LogP contribution in [0.5, 0.6) is 0 Å². The van der Waals surface area contributed by atoms with E-state index in [2.05, 4.69) is 0 Å². The summed E-state index contributed by atoms with van der Waals surface area (Å²) >= 11 is 0. The van der Waals surface area contributed by atoms with Gasteiger partial charge in [0.25, 0.3) is 0 Å². The molecule has 24 heavy (non-hydrogen) atoms. The van der Waals surface area contributed by atoms with Crippen molar-refractivity contribution in [3.63, 3.8) is 0 Å². The quantitative estimate of drug-likeness (QED) is 0.800. The first kappa shape index (κ1) is 15.4. The summed E-state index contributed by atoms with van der Waals surface area (Å²) in [5.41, 5.74) is 2.15. The van der Waals surface area contributed by atoms with Gasteiger partial charge in [-0.05, 0) is 30.9 Å². The number of rotatable bonds is 3.